The first kappa shape index (κ1) is 14.9. The van der Waals surface area contributed by atoms with Crippen molar-refractivity contribution in [3.8, 4) is 5.75 Å². The second kappa shape index (κ2) is 6.84. The molecule has 0 bridgehead atoms. The minimum Gasteiger partial charge on any atom is -0.491 e. The molecule has 1 aliphatic heterocycles. The minimum absolute atomic E-state index is 0.190. The van der Waals surface area contributed by atoms with Crippen LogP contribution in [-0.2, 0) is 0 Å². The van der Waals surface area contributed by atoms with Crippen LogP contribution in [0.25, 0.3) is 0 Å². The Morgan fingerprint density at radius 2 is 1.77 bits per heavy atom. The third-order valence-electron chi connectivity index (χ3n) is 3.95. The molecular formula is C19H24N2O. The highest BCUT2D eigenvalue weighted by Gasteiger charge is 2.23. The van der Waals surface area contributed by atoms with Gasteiger partial charge >= 0.3 is 0 Å². The summed E-state index contributed by atoms with van der Waals surface area (Å²) in [5.41, 5.74) is 2.54. The SMILES string of the molecule is CC(C)Oc1ccccc1[C@@H]1CN(c2ccccc2)CCN1. The van der Waals surface area contributed by atoms with E-state index in [2.05, 4.69) is 72.6 Å². The molecule has 2 aromatic rings. The Bertz CT molecular complexity index is 597. The van der Waals surface area contributed by atoms with Crippen LogP contribution < -0.4 is 15.0 Å². The monoisotopic (exact) mass is 296 g/mol. The van der Waals surface area contributed by atoms with Crippen molar-refractivity contribution in [1.82, 2.24) is 5.32 Å². The van der Waals surface area contributed by atoms with Gasteiger partial charge in [-0.3, -0.25) is 0 Å². The molecule has 1 fully saturated rings. The fourth-order valence-corrected chi connectivity index (χ4v) is 2.96. The van der Waals surface area contributed by atoms with E-state index in [1.54, 1.807) is 0 Å². The van der Waals surface area contributed by atoms with Gasteiger partial charge in [0, 0.05) is 30.9 Å². The van der Waals surface area contributed by atoms with Crippen LogP contribution in [-0.4, -0.2) is 25.7 Å². The first-order valence-electron chi connectivity index (χ1n) is 8.03. The van der Waals surface area contributed by atoms with Gasteiger partial charge in [0.2, 0.25) is 0 Å². The number of benzene rings is 2. The Labute approximate surface area is 132 Å². The maximum atomic E-state index is 5.98. The highest BCUT2D eigenvalue weighted by atomic mass is 16.5. The number of anilines is 1. The van der Waals surface area contributed by atoms with Gasteiger partial charge < -0.3 is 15.0 Å². The summed E-state index contributed by atoms with van der Waals surface area (Å²) >= 11 is 0. The number of nitrogens with zero attached hydrogens (tertiary/aromatic N) is 1. The van der Waals surface area contributed by atoms with Crippen molar-refractivity contribution in [3.05, 3.63) is 60.2 Å². The van der Waals surface area contributed by atoms with E-state index >= 15 is 0 Å². The maximum absolute atomic E-state index is 5.98. The average molecular weight is 296 g/mol. The molecule has 0 amide bonds. The van der Waals surface area contributed by atoms with E-state index in [4.69, 9.17) is 4.74 Å². The molecule has 116 valence electrons. The first-order valence-corrected chi connectivity index (χ1v) is 8.03. The molecule has 3 nitrogen and oxygen atoms in total. The number of piperazine rings is 1. The molecule has 0 radical (unpaired) electrons. The molecule has 0 unspecified atom stereocenters. The number of hydrogen-bond donors (Lipinski definition) is 1. The van der Waals surface area contributed by atoms with Crippen LogP contribution in [0.2, 0.25) is 0 Å². The molecule has 0 saturated carbocycles. The standard InChI is InChI=1S/C19H24N2O/c1-15(2)22-19-11-7-6-10-17(19)18-14-21(13-12-20-18)16-8-4-3-5-9-16/h3-11,15,18,20H,12-14H2,1-2H3/t18-/m0/s1. The lowest BCUT2D eigenvalue weighted by atomic mass is 10.0. The van der Waals surface area contributed by atoms with Crippen molar-refractivity contribution >= 4 is 5.69 Å². The Balaban J connectivity index is 1.80. The molecule has 1 aliphatic rings. The van der Waals surface area contributed by atoms with Crippen molar-refractivity contribution in [2.75, 3.05) is 24.5 Å². The Hall–Kier alpha value is -2.00. The predicted molar refractivity (Wildman–Crippen MR) is 91.6 cm³/mol. The van der Waals surface area contributed by atoms with Gasteiger partial charge in [-0.25, -0.2) is 0 Å². The number of hydrogen-bond acceptors (Lipinski definition) is 3. The van der Waals surface area contributed by atoms with E-state index in [0.717, 1.165) is 25.4 Å². The summed E-state index contributed by atoms with van der Waals surface area (Å²) in [6.07, 6.45) is 0.190. The van der Waals surface area contributed by atoms with Crippen molar-refractivity contribution < 1.29 is 4.74 Å². The van der Waals surface area contributed by atoms with E-state index in [-0.39, 0.29) is 6.10 Å². The molecule has 3 heteroatoms. The molecule has 1 heterocycles. The number of para-hydroxylation sites is 2. The van der Waals surface area contributed by atoms with Crippen LogP contribution in [0, 0.1) is 0 Å². The van der Waals surface area contributed by atoms with Crippen molar-refractivity contribution in [2.45, 2.75) is 26.0 Å². The second-order valence-corrected chi connectivity index (χ2v) is 5.99. The fraction of sp³-hybridized carbons (Fsp3) is 0.368. The Morgan fingerprint density at radius 1 is 1.05 bits per heavy atom. The van der Waals surface area contributed by atoms with Gasteiger partial charge in [-0.1, -0.05) is 36.4 Å². The number of ether oxygens (including phenoxy) is 1. The highest BCUT2D eigenvalue weighted by molar-refractivity contribution is 5.48. The molecule has 2 aromatic carbocycles. The quantitative estimate of drug-likeness (QED) is 0.932. The lowest BCUT2D eigenvalue weighted by Gasteiger charge is -2.36. The molecule has 3 rings (SSSR count). The molecule has 1 N–H and O–H groups in total. The van der Waals surface area contributed by atoms with Crippen LogP contribution in [0.1, 0.15) is 25.5 Å². The highest BCUT2D eigenvalue weighted by Crippen LogP contribution is 2.29. The van der Waals surface area contributed by atoms with E-state index in [9.17, 15) is 0 Å². The Kier molecular flexibility index (Phi) is 4.64. The van der Waals surface area contributed by atoms with Gasteiger partial charge in [-0.15, -0.1) is 0 Å². The minimum atomic E-state index is 0.190. The van der Waals surface area contributed by atoms with Gasteiger partial charge in [-0.05, 0) is 32.0 Å². The van der Waals surface area contributed by atoms with E-state index in [1.807, 2.05) is 6.07 Å². The van der Waals surface area contributed by atoms with Gasteiger partial charge in [-0.2, -0.15) is 0 Å². The summed E-state index contributed by atoms with van der Waals surface area (Å²) in [5.74, 6) is 0.991. The normalized spacial score (nSPS) is 18.5. The molecule has 0 spiro atoms. The van der Waals surface area contributed by atoms with Gasteiger partial charge in [0.05, 0.1) is 12.1 Å². The summed E-state index contributed by atoms with van der Waals surface area (Å²) < 4.78 is 5.98. The summed E-state index contributed by atoms with van der Waals surface area (Å²) in [7, 11) is 0. The van der Waals surface area contributed by atoms with Crippen LogP contribution in [0.5, 0.6) is 5.75 Å². The van der Waals surface area contributed by atoms with Crippen molar-refractivity contribution in [2.24, 2.45) is 0 Å². The largest absolute Gasteiger partial charge is 0.491 e. The van der Waals surface area contributed by atoms with E-state index in [0.29, 0.717) is 6.04 Å². The zero-order valence-electron chi connectivity index (χ0n) is 13.3. The third kappa shape index (κ3) is 3.42. The second-order valence-electron chi connectivity index (χ2n) is 5.99. The van der Waals surface area contributed by atoms with Crippen LogP contribution in [0.3, 0.4) is 0 Å². The number of nitrogens with one attached hydrogen (secondary N) is 1. The summed E-state index contributed by atoms with van der Waals surface area (Å²) in [4.78, 5) is 2.44. The summed E-state index contributed by atoms with van der Waals surface area (Å²) in [5, 5.41) is 3.63. The maximum Gasteiger partial charge on any atom is 0.124 e. The predicted octanol–water partition coefficient (Wildman–Crippen LogP) is 3.62. The summed E-state index contributed by atoms with van der Waals surface area (Å²) in [6.45, 7) is 7.12. The molecule has 22 heavy (non-hydrogen) atoms. The van der Waals surface area contributed by atoms with Gasteiger partial charge in [0.15, 0.2) is 0 Å². The zero-order chi connectivity index (χ0) is 15.4. The third-order valence-corrected chi connectivity index (χ3v) is 3.95. The molecule has 1 saturated heterocycles. The van der Waals surface area contributed by atoms with Gasteiger partial charge in [0.1, 0.15) is 5.75 Å². The van der Waals surface area contributed by atoms with Crippen LogP contribution in [0.15, 0.2) is 54.6 Å². The lowest BCUT2D eigenvalue weighted by Crippen LogP contribution is -2.46. The Morgan fingerprint density at radius 3 is 2.55 bits per heavy atom. The summed E-state index contributed by atoms with van der Waals surface area (Å²) in [6, 6.07) is 19.3. The van der Waals surface area contributed by atoms with Gasteiger partial charge in [0.25, 0.3) is 0 Å². The molecular weight excluding hydrogens is 272 g/mol. The van der Waals surface area contributed by atoms with Crippen molar-refractivity contribution in [3.63, 3.8) is 0 Å². The van der Waals surface area contributed by atoms with Crippen LogP contribution in [0.4, 0.5) is 5.69 Å². The molecule has 0 aliphatic carbocycles. The van der Waals surface area contributed by atoms with E-state index in [1.165, 1.54) is 11.3 Å². The zero-order valence-corrected chi connectivity index (χ0v) is 13.3. The average Bonchev–Trinajstić information content (AvgIpc) is 2.56. The smallest absolute Gasteiger partial charge is 0.124 e. The lowest BCUT2D eigenvalue weighted by molar-refractivity contribution is 0.237. The molecule has 1 atom stereocenters. The molecule has 0 aromatic heterocycles. The first-order chi connectivity index (χ1) is 10.7. The van der Waals surface area contributed by atoms with Crippen molar-refractivity contribution in [1.29, 1.82) is 0 Å². The fourth-order valence-electron chi connectivity index (χ4n) is 2.96. The topological polar surface area (TPSA) is 24.5 Å². The number of rotatable bonds is 4. The van der Waals surface area contributed by atoms with Crippen LogP contribution >= 0.6 is 0 Å². The van der Waals surface area contributed by atoms with E-state index < -0.39 is 0 Å².